The molecule has 0 bridgehead atoms. The van der Waals surface area contributed by atoms with Crippen molar-refractivity contribution in [2.45, 2.75) is 13.8 Å². The highest BCUT2D eigenvalue weighted by atomic mass is 32.1. The van der Waals surface area contributed by atoms with Gasteiger partial charge in [-0.1, -0.05) is 17.7 Å². The zero-order chi connectivity index (χ0) is 10.6. The third-order valence-corrected chi connectivity index (χ3v) is 2.83. The fourth-order valence-electron chi connectivity index (χ4n) is 1.30. The van der Waals surface area contributed by atoms with Crippen molar-refractivity contribution in [2.24, 2.45) is 0 Å². The predicted molar refractivity (Wildman–Crippen MR) is 56.3 cm³/mol. The summed E-state index contributed by atoms with van der Waals surface area (Å²) in [5.41, 5.74) is 1.34. The minimum Gasteiger partial charge on any atom is -0.186 e. The average molecular weight is 206 g/mol. The van der Waals surface area contributed by atoms with E-state index in [4.69, 9.17) is 9.59 Å². The lowest BCUT2D eigenvalue weighted by molar-refractivity contribution is -0.191. The predicted octanol–water partition coefficient (Wildman–Crippen LogP) is 2.93. The molecule has 0 aliphatic carbocycles. The monoisotopic (exact) mass is 206 g/mol. The van der Waals surface area contributed by atoms with E-state index in [0.29, 0.717) is 0 Å². The maximum Gasteiger partial charge on any atom is 0.373 e. The summed E-state index contributed by atoms with van der Waals surface area (Å²) in [5.74, 6) is 0. The molecule has 2 rings (SSSR count). The number of aryl methyl sites for hydroxylation is 2. The van der Waals surface area contributed by atoms with Crippen LogP contribution in [0.2, 0.25) is 0 Å². The van der Waals surface area contributed by atoms with Gasteiger partial charge in [0, 0.05) is 9.58 Å². The molecule has 0 spiro atoms. The summed E-state index contributed by atoms with van der Waals surface area (Å²) in [6.45, 7) is 4.28. The molecule has 0 aliphatic rings. The van der Waals surface area contributed by atoms with Gasteiger partial charge in [-0.3, -0.25) is 0 Å². The van der Waals surface area contributed by atoms with E-state index in [1.54, 1.807) is 0 Å². The van der Waals surface area contributed by atoms with Gasteiger partial charge in [0.15, 0.2) is 0 Å². The van der Waals surface area contributed by atoms with Gasteiger partial charge in [-0.2, -0.15) is 9.59 Å². The largest absolute Gasteiger partial charge is 0.373 e. The van der Waals surface area contributed by atoms with Crippen LogP contribution in [0.15, 0.2) is 24.3 Å². The summed E-state index contributed by atoms with van der Waals surface area (Å²) in [6.07, 6.45) is 0.250. The van der Waals surface area contributed by atoms with Gasteiger partial charge in [0.25, 0.3) is 0 Å². The molecule has 0 radical (unpaired) electrons. The molecular weight excluding hydrogens is 196 g/mol. The molecule has 0 fully saturated rings. The highest BCUT2D eigenvalue weighted by molar-refractivity contribution is 7.19. The number of thiophene rings is 1. The fraction of sp³-hybridized carbons (Fsp3) is 0.182. The van der Waals surface area contributed by atoms with Crippen molar-refractivity contribution in [2.75, 3.05) is 0 Å². The number of hydrogen-bond acceptors (Lipinski definition) is 3. The van der Waals surface area contributed by atoms with E-state index in [1.807, 2.05) is 11.3 Å². The van der Waals surface area contributed by atoms with Crippen molar-refractivity contribution in [1.29, 1.82) is 0 Å². The summed E-state index contributed by atoms with van der Waals surface area (Å²) in [7, 11) is 0. The highest BCUT2D eigenvalue weighted by Gasteiger charge is 1.96. The lowest BCUT2D eigenvalue weighted by Crippen LogP contribution is -1.67. The van der Waals surface area contributed by atoms with Crippen LogP contribution in [-0.2, 0) is 9.59 Å². The number of rotatable bonds is 0. The lowest BCUT2D eigenvalue weighted by Gasteiger charge is -1.89. The van der Waals surface area contributed by atoms with Gasteiger partial charge in [-0.25, -0.2) is 0 Å². The molecule has 1 heterocycles. The van der Waals surface area contributed by atoms with E-state index in [0.717, 1.165) is 0 Å². The molecule has 72 valence electrons. The van der Waals surface area contributed by atoms with Crippen LogP contribution in [-0.4, -0.2) is 6.15 Å². The zero-order valence-corrected chi connectivity index (χ0v) is 8.85. The molecule has 0 saturated carbocycles. The Morgan fingerprint density at radius 3 is 2.43 bits per heavy atom. The van der Waals surface area contributed by atoms with E-state index >= 15 is 0 Å². The van der Waals surface area contributed by atoms with Gasteiger partial charge in [-0.15, -0.1) is 11.3 Å². The summed E-state index contributed by atoms with van der Waals surface area (Å²) < 4.78 is 1.40. The molecule has 14 heavy (non-hydrogen) atoms. The molecule has 2 nitrogen and oxygen atoms in total. The van der Waals surface area contributed by atoms with Crippen molar-refractivity contribution >= 4 is 27.6 Å². The maximum absolute atomic E-state index is 8.12. The zero-order valence-electron chi connectivity index (χ0n) is 8.03. The molecule has 1 aromatic heterocycles. The van der Waals surface area contributed by atoms with Gasteiger partial charge in [0.2, 0.25) is 0 Å². The number of hydrogen-bond donors (Lipinski definition) is 0. The second-order valence-corrected chi connectivity index (χ2v) is 4.27. The van der Waals surface area contributed by atoms with E-state index in [9.17, 15) is 0 Å². The number of carbonyl (C=O) groups excluding carboxylic acids is 2. The van der Waals surface area contributed by atoms with E-state index in [1.165, 1.54) is 20.5 Å². The molecule has 0 N–H and O–H groups in total. The van der Waals surface area contributed by atoms with Crippen LogP contribution in [0.25, 0.3) is 10.1 Å². The van der Waals surface area contributed by atoms with Crippen molar-refractivity contribution in [3.8, 4) is 0 Å². The first-order valence-corrected chi connectivity index (χ1v) is 4.95. The van der Waals surface area contributed by atoms with E-state index < -0.39 is 0 Å². The standard InChI is InChI=1S/C10H10S.CO2/c1-7-3-4-10-9(5-7)6-8(2)11-10;2-1-3/h3-6H,1-2H3;. The van der Waals surface area contributed by atoms with Crippen LogP contribution in [0.1, 0.15) is 10.4 Å². The molecule has 3 heteroatoms. The Morgan fingerprint density at radius 2 is 1.79 bits per heavy atom. The van der Waals surface area contributed by atoms with Gasteiger partial charge in [0.1, 0.15) is 0 Å². The Morgan fingerprint density at radius 1 is 1.14 bits per heavy atom. The minimum atomic E-state index is 0.250. The number of benzene rings is 1. The smallest absolute Gasteiger partial charge is 0.186 e. The Labute approximate surface area is 86.2 Å². The van der Waals surface area contributed by atoms with Crippen molar-refractivity contribution in [3.05, 3.63) is 34.7 Å². The first kappa shape index (κ1) is 10.6. The first-order valence-electron chi connectivity index (χ1n) is 4.13. The van der Waals surface area contributed by atoms with Crippen molar-refractivity contribution in [1.82, 2.24) is 0 Å². The normalized spacial score (nSPS) is 9.00. The summed E-state index contributed by atoms with van der Waals surface area (Å²) in [6, 6.07) is 8.84. The molecule has 0 saturated heterocycles. The quantitative estimate of drug-likeness (QED) is 0.664. The molecule has 0 unspecified atom stereocenters. The highest BCUT2D eigenvalue weighted by Crippen LogP contribution is 2.25. The Bertz CT molecular complexity index is 465. The molecule has 0 aliphatic heterocycles. The van der Waals surface area contributed by atoms with Gasteiger partial charge in [0.05, 0.1) is 0 Å². The van der Waals surface area contributed by atoms with Crippen molar-refractivity contribution in [3.63, 3.8) is 0 Å². The van der Waals surface area contributed by atoms with Crippen LogP contribution in [0.4, 0.5) is 0 Å². The van der Waals surface area contributed by atoms with Gasteiger partial charge in [-0.05, 0) is 31.4 Å². The van der Waals surface area contributed by atoms with E-state index in [2.05, 4.69) is 38.1 Å². The molecule has 0 amide bonds. The first-order chi connectivity index (χ1) is 6.67. The minimum absolute atomic E-state index is 0.250. The summed E-state index contributed by atoms with van der Waals surface area (Å²) in [4.78, 5) is 17.6. The van der Waals surface area contributed by atoms with Gasteiger partial charge < -0.3 is 0 Å². The third-order valence-electron chi connectivity index (χ3n) is 1.80. The SMILES string of the molecule is Cc1ccc2sc(C)cc2c1.O=C=O. The Balaban J connectivity index is 0.000000293. The van der Waals surface area contributed by atoms with Crippen LogP contribution in [0, 0.1) is 13.8 Å². The average Bonchev–Trinajstić information content (AvgIpc) is 2.45. The maximum atomic E-state index is 8.12. The summed E-state index contributed by atoms with van der Waals surface area (Å²) in [5, 5.41) is 1.38. The van der Waals surface area contributed by atoms with E-state index in [-0.39, 0.29) is 6.15 Å². The molecule has 0 atom stereocenters. The molecule has 1 aromatic carbocycles. The third kappa shape index (κ3) is 2.52. The summed E-state index contributed by atoms with van der Waals surface area (Å²) >= 11 is 1.86. The second kappa shape index (κ2) is 4.70. The Hall–Kier alpha value is -1.44. The topological polar surface area (TPSA) is 34.1 Å². The second-order valence-electron chi connectivity index (χ2n) is 2.98. The van der Waals surface area contributed by atoms with Crippen molar-refractivity contribution < 1.29 is 9.59 Å². The van der Waals surface area contributed by atoms with Crippen LogP contribution < -0.4 is 0 Å². The molecular formula is C11H10O2S. The number of fused-ring (bicyclic) bond motifs is 1. The Kier molecular flexibility index (Phi) is 3.57. The van der Waals surface area contributed by atoms with Crippen LogP contribution >= 0.6 is 11.3 Å². The molecule has 2 aromatic rings. The lowest BCUT2D eigenvalue weighted by atomic mass is 10.2. The fourth-order valence-corrected chi connectivity index (χ4v) is 2.20. The van der Waals surface area contributed by atoms with Gasteiger partial charge >= 0.3 is 6.15 Å². The van der Waals surface area contributed by atoms with Crippen LogP contribution in [0.5, 0.6) is 0 Å². The van der Waals surface area contributed by atoms with Crippen LogP contribution in [0.3, 0.4) is 0 Å².